The topological polar surface area (TPSA) is 78.9 Å². The number of nitrogens with zero attached hydrogens (tertiary/aromatic N) is 1. The molecule has 0 aromatic carbocycles. The summed E-state index contributed by atoms with van der Waals surface area (Å²) in [6.07, 6.45) is 2.25. The summed E-state index contributed by atoms with van der Waals surface area (Å²) in [4.78, 5) is 25.5. The van der Waals surface area contributed by atoms with Gasteiger partial charge < -0.3 is 20.1 Å². The zero-order chi connectivity index (χ0) is 15.8. The van der Waals surface area contributed by atoms with Crippen molar-refractivity contribution in [3.05, 3.63) is 0 Å². The maximum absolute atomic E-state index is 12.2. The first kappa shape index (κ1) is 17.9. The Hall–Kier alpha value is -1.14. The van der Waals surface area contributed by atoms with E-state index in [0.717, 1.165) is 19.5 Å². The number of rotatable bonds is 9. The number of hydrogen-bond donors (Lipinski definition) is 2. The first-order valence-corrected chi connectivity index (χ1v) is 7.67. The zero-order valence-corrected chi connectivity index (χ0v) is 13.3. The van der Waals surface area contributed by atoms with Gasteiger partial charge in [-0.15, -0.1) is 0 Å². The van der Waals surface area contributed by atoms with Gasteiger partial charge in [-0.05, 0) is 25.8 Å². The van der Waals surface area contributed by atoms with E-state index in [0.29, 0.717) is 31.9 Å². The number of amides is 1. The average molecular weight is 300 g/mol. The second kappa shape index (κ2) is 9.00. The van der Waals surface area contributed by atoms with Gasteiger partial charge in [0.05, 0.1) is 18.4 Å². The van der Waals surface area contributed by atoms with Crippen LogP contribution in [0.15, 0.2) is 0 Å². The Balaban J connectivity index is 2.38. The predicted octanol–water partition coefficient (Wildman–Crippen LogP) is 0.818. The van der Waals surface area contributed by atoms with E-state index in [-0.39, 0.29) is 11.8 Å². The molecule has 0 saturated heterocycles. The maximum atomic E-state index is 12.2. The highest BCUT2D eigenvalue weighted by Crippen LogP contribution is 2.38. The third-order valence-corrected chi connectivity index (χ3v) is 4.36. The molecular formula is C15H28N2O4. The quantitative estimate of drug-likeness (QED) is 0.659. The van der Waals surface area contributed by atoms with Gasteiger partial charge in [0, 0.05) is 26.7 Å². The molecule has 2 N–H and O–H groups in total. The highest BCUT2D eigenvalue weighted by Gasteiger charge is 2.41. The third kappa shape index (κ3) is 5.63. The monoisotopic (exact) mass is 300 g/mol. The second-order valence-corrected chi connectivity index (χ2v) is 5.88. The summed E-state index contributed by atoms with van der Waals surface area (Å²) in [7, 11) is 3.62. The van der Waals surface area contributed by atoms with E-state index in [4.69, 9.17) is 4.74 Å². The molecule has 6 nitrogen and oxygen atoms in total. The van der Waals surface area contributed by atoms with Crippen molar-refractivity contribution in [3.8, 4) is 0 Å². The minimum atomic E-state index is -0.844. The number of ether oxygens (including phenoxy) is 1. The van der Waals surface area contributed by atoms with Gasteiger partial charge in [0.15, 0.2) is 0 Å². The van der Waals surface area contributed by atoms with Gasteiger partial charge in [-0.25, -0.2) is 0 Å². The number of aliphatic carboxylic acids is 1. The van der Waals surface area contributed by atoms with Crippen molar-refractivity contribution >= 4 is 11.9 Å². The van der Waals surface area contributed by atoms with Gasteiger partial charge in [-0.1, -0.05) is 13.3 Å². The minimum absolute atomic E-state index is 0.113. The molecule has 0 heterocycles. The molecule has 1 aliphatic carbocycles. The van der Waals surface area contributed by atoms with Crippen LogP contribution in [0.25, 0.3) is 0 Å². The summed E-state index contributed by atoms with van der Waals surface area (Å²) in [5, 5.41) is 12.1. The van der Waals surface area contributed by atoms with Gasteiger partial charge in [0.25, 0.3) is 0 Å². The lowest BCUT2D eigenvalue weighted by atomic mass is 9.95. The predicted molar refractivity (Wildman–Crippen MR) is 80.0 cm³/mol. The molecule has 0 spiro atoms. The van der Waals surface area contributed by atoms with Crippen molar-refractivity contribution in [3.63, 3.8) is 0 Å². The first-order valence-electron chi connectivity index (χ1n) is 7.67. The Morgan fingerprint density at radius 2 is 1.95 bits per heavy atom. The fourth-order valence-electron chi connectivity index (χ4n) is 2.90. The van der Waals surface area contributed by atoms with Crippen LogP contribution in [0.5, 0.6) is 0 Å². The van der Waals surface area contributed by atoms with Crippen LogP contribution in [-0.2, 0) is 14.3 Å². The lowest BCUT2D eigenvalue weighted by molar-refractivity contribution is -0.146. The molecule has 3 atom stereocenters. The van der Waals surface area contributed by atoms with Gasteiger partial charge in [0.1, 0.15) is 0 Å². The molecule has 0 aromatic heterocycles. The largest absolute Gasteiger partial charge is 0.481 e. The Kier molecular flexibility index (Phi) is 7.67. The molecule has 1 fully saturated rings. The minimum Gasteiger partial charge on any atom is -0.481 e. The van der Waals surface area contributed by atoms with Gasteiger partial charge >= 0.3 is 5.97 Å². The number of carboxylic acid groups (broad SMARTS) is 1. The van der Waals surface area contributed by atoms with Crippen LogP contribution in [0.4, 0.5) is 0 Å². The van der Waals surface area contributed by atoms with E-state index in [1.807, 2.05) is 7.05 Å². The molecule has 0 aliphatic heterocycles. The van der Waals surface area contributed by atoms with E-state index in [1.165, 1.54) is 0 Å². The van der Waals surface area contributed by atoms with Crippen LogP contribution < -0.4 is 5.32 Å². The normalized spacial score (nSPS) is 25.2. The summed E-state index contributed by atoms with van der Waals surface area (Å²) < 4.78 is 4.99. The molecule has 1 amide bonds. The molecule has 6 heteroatoms. The molecular weight excluding hydrogens is 272 g/mol. The second-order valence-electron chi connectivity index (χ2n) is 5.88. The molecule has 0 aromatic rings. The van der Waals surface area contributed by atoms with Crippen molar-refractivity contribution in [2.45, 2.75) is 26.2 Å². The Bertz CT molecular complexity index is 349. The molecule has 1 aliphatic rings. The number of carbonyl (C=O) groups excluding carboxylic acids is 1. The number of nitrogens with one attached hydrogen (secondary N) is 1. The fraction of sp³-hybridized carbons (Fsp3) is 0.867. The molecule has 0 bridgehead atoms. The summed E-state index contributed by atoms with van der Waals surface area (Å²) in [5.74, 6) is -1.51. The molecule has 1 saturated carbocycles. The fourth-order valence-corrected chi connectivity index (χ4v) is 2.90. The van der Waals surface area contributed by atoms with Crippen LogP contribution in [0.1, 0.15) is 26.2 Å². The first-order chi connectivity index (χ1) is 9.99. The van der Waals surface area contributed by atoms with Gasteiger partial charge in [-0.2, -0.15) is 0 Å². The summed E-state index contributed by atoms with van der Waals surface area (Å²) in [6.45, 7) is 4.79. The van der Waals surface area contributed by atoms with Gasteiger partial charge in [0.2, 0.25) is 5.91 Å². The number of likely N-dealkylation sites (N-methyl/N-ethyl adjacent to an activating group) is 1. The lowest BCUT2D eigenvalue weighted by Crippen LogP contribution is -2.39. The van der Waals surface area contributed by atoms with Gasteiger partial charge in [-0.3, -0.25) is 9.59 Å². The van der Waals surface area contributed by atoms with Crippen molar-refractivity contribution in [2.24, 2.45) is 17.8 Å². The SMILES string of the molecule is CCC1C[C@H](C(=O)NCCN(C)CCOC)[C@H](C(=O)O)C1. The van der Waals surface area contributed by atoms with E-state index in [1.54, 1.807) is 7.11 Å². The lowest BCUT2D eigenvalue weighted by Gasteiger charge is -2.19. The number of carbonyl (C=O) groups is 2. The van der Waals surface area contributed by atoms with E-state index < -0.39 is 11.9 Å². The Morgan fingerprint density at radius 1 is 1.29 bits per heavy atom. The van der Waals surface area contributed by atoms with Crippen molar-refractivity contribution in [1.29, 1.82) is 0 Å². The smallest absolute Gasteiger partial charge is 0.307 e. The zero-order valence-electron chi connectivity index (χ0n) is 13.3. The van der Waals surface area contributed by atoms with E-state index in [9.17, 15) is 14.7 Å². The third-order valence-electron chi connectivity index (χ3n) is 4.36. The van der Waals surface area contributed by atoms with Crippen molar-refractivity contribution in [1.82, 2.24) is 10.2 Å². The van der Waals surface area contributed by atoms with E-state index in [2.05, 4.69) is 17.1 Å². The Labute approximate surface area is 126 Å². The van der Waals surface area contributed by atoms with E-state index >= 15 is 0 Å². The number of carboxylic acids is 1. The molecule has 122 valence electrons. The van der Waals surface area contributed by atoms with Crippen LogP contribution in [0.2, 0.25) is 0 Å². The summed E-state index contributed by atoms with van der Waals surface area (Å²) in [5.41, 5.74) is 0. The van der Waals surface area contributed by atoms with Crippen molar-refractivity contribution in [2.75, 3.05) is 40.4 Å². The average Bonchev–Trinajstić information content (AvgIpc) is 2.89. The highest BCUT2D eigenvalue weighted by molar-refractivity contribution is 5.85. The maximum Gasteiger partial charge on any atom is 0.307 e. The number of hydrogen-bond acceptors (Lipinski definition) is 4. The summed E-state index contributed by atoms with van der Waals surface area (Å²) >= 11 is 0. The molecule has 1 rings (SSSR count). The summed E-state index contributed by atoms with van der Waals surface area (Å²) in [6, 6.07) is 0. The van der Waals surface area contributed by atoms with Crippen LogP contribution >= 0.6 is 0 Å². The van der Waals surface area contributed by atoms with Crippen LogP contribution in [-0.4, -0.2) is 62.3 Å². The molecule has 1 unspecified atom stereocenters. The standard InChI is InChI=1S/C15H28N2O4/c1-4-11-9-12(13(10-11)15(19)20)14(18)16-5-6-17(2)7-8-21-3/h11-13H,4-10H2,1-3H3,(H,16,18)(H,19,20)/t11?,12-,13+/m0/s1. The molecule has 0 radical (unpaired) electrons. The highest BCUT2D eigenvalue weighted by atomic mass is 16.5. The molecule has 21 heavy (non-hydrogen) atoms. The van der Waals surface area contributed by atoms with Crippen LogP contribution in [0.3, 0.4) is 0 Å². The number of methoxy groups -OCH3 is 1. The Morgan fingerprint density at radius 3 is 2.52 bits per heavy atom. The van der Waals surface area contributed by atoms with Crippen molar-refractivity contribution < 1.29 is 19.4 Å². The van der Waals surface area contributed by atoms with Crippen LogP contribution in [0, 0.1) is 17.8 Å².